The quantitative estimate of drug-likeness (QED) is 0.621. The number of hydrogen-bond donors (Lipinski definition) is 2. The maximum atomic E-state index is 12.1. The van der Waals surface area contributed by atoms with Crippen LogP contribution in [0.4, 0.5) is 10.7 Å². The van der Waals surface area contributed by atoms with Crippen molar-refractivity contribution in [1.29, 1.82) is 0 Å². The van der Waals surface area contributed by atoms with Gasteiger partial charge in [-0.2, -0.15) is 0 Å². The van der Waals surface area contributed by atoms with Gasteiger partial charge in [-0.25, -0.2) is 13.1 Å². The van der Waals surface area contributed by atoms with Crippen molar-refractivity contribution >= 4 is 32.0 Å². The van der Waals surface area contributed by atoms with Crippen LogP contribution in [0.5, 0.6) is 0 Å². The van der Waals surface area contributed by atoms with Crippen LogP contribution in [0.1, 0.15) is 17.0 Å². The molecule has 114 valence electrons. The van der Waals surface area contributed by atoms with Crippen molar-refractivity contribution in [3.63, 3.8) is 0 Å². The van der Waals surface area contributed by atoms with E-state index in [-0.39, 0.29) is 15.8 Å². The van der Waals surface area contributed by atoms with Crippen molar-refractivity contribution < 1.29 is 17.9 Å². The van der Waals surface area contributed by atoms with Gasteiger partial charge in [-0.1, -0.05) is 16.5 Å². The summed E-state index contributed by atoms with van der Waals surface area (Å²) in [5.41, 5.74) is 6.22. The van der Waals surface area contributed by atoms with Crippen molar-refractivity contribution in [1.82, 2.24) is 9.88 Å². The van der Waals surface area contributed by atoms with Gasteiger partial charge in [0.05, 0.1) is 10.6 Å². The molecule has 0 aliphatic rings. The molecule has 0 fully saturated rings. The molecule has 11 heteroatoms. The van der Waals surface area contributed by atoms with E-state index in [1.807, 2.05) is 0 Å². The van der Waals surface area contributed by atoms with Gasteiger partial charge in [0, 0.05) is 18.2 Å². The Hall–Kier alpha value is -1.98. The van der Waals surface area contributed by atoms with Gasteiger partial charge in [-0.15, -0.1) is 0 Å². The van der Waals surface area contributed by atoms with Gasteiger partial charge < -0.3 is 10.3 Å². The molecule has 0 aromatic carbocycles. The highest BCUT2D eigenvalue weighted by atomic mass is 32.2. The number of aromatic nitrogens is 1. The number of thiophene rings is 1. The van der Waals surface area contributed by atoms with Crippen LogP contribution in [0, 0.1) is 24.0 Å². The monoisotopic (exact) mass is 332 g/mol. The van der Waals surface area contributed by atoms with Crippen LogP contribution in [-0.2, 0) is 16.6 Å². The van der Waals surface area contributed by atoms with Crippen LogP contribution in [0.2, 0.25) is 0 Å². The molecule has 0 saturated carbocycles. The van der Waals surface area contributed by atoms with E-state index in [0.29, 0.717) is 28.4 Å². The molecule has 0 aliphatic carbocycles. The zero-order valence-corrected chi connectivity index (χ0v) is 12.7. The largest absolute Gasteiger partial charge is 0.385 e. The van der Waals surface area contributed by atoms with Gasteiger partial charge in [-0.05, 0) is 13.8 Å². The first-order valence-electron chi connectivity index (χ1n) is 5.67. The molecule has 21 heavy (non-hydrogen) atoms. The minimum atomic E-state index is -3.89. The van der Waals surface area contributed by atoms with E-state index in [2.05, 4.69) is 9.88 Å². The smallest absolute Gasteiger partial charge is 0.304 e. The predicted molar refractivity (Wildman–Crippen MR) is 75.4 cm³/mol. The Morgan fingerprint density at radius 1 is 1.52 bits per heavy atom. The zero-order valence-electron chi connectivity index (χ0n) is 11.1. The van der Waals surface area contributed by atoms with Crippen LogP contribution in [0.25, 0.3) is 0 Å². The second-order valence-electron chi connectivity index (χ2n) is 4.20. The average Bonchev–Trinajstić information content (AvgIpc) is 2.92. The molecule has 0 atom stereocenters. The Labute approximate surface area is 123 Å². The van der Waals surface area contributed by atoms with Crippen LogP contribution in [0.3, 0.4) is 0 Å². The molecule has 0 spiro atoms. The van der Waals surface area contributed by atoms with Gasteiger partial charge in [-0.3, -0.25) is 10.1 Å². The lowest BCUT2D eigenvalue weighted by Gasteiger charge is -2.03. The summed E-state index contributed by atoms with van der Waals surface area (Å²) in [5, 5.41) is 14.3. The third-order valence-corrected chi connectivity index (χ3v) is 5.63. The summed E-state index contributed by atoms with van der Waals surface area (Å²) in [6.07, 6.45) is 0. The van der Waals surface area contributed by atoms with Gasteiger partial charge in [0.25, 0.3) is 10.0 Å². The summed E-state index contributed by atoms with van der Waals surface area (Å²) < 4.78 is 31.3. The van der Waals surface area contributed by atoms with Crippen LogP contribution < -0.4 is 10.5 Å². The average molecular weight is 332 g/mol. The third-order valence-electron chi connectivity index (χ3n) is 2.80. The Kier molecular flexibility index (Phi) is 3.98. The maximum Gasteiger partial charge on any atom is 0.304 e. The Morgan fingerprint density at radius 3 is 2.67 bits per heavy atom. The number of nitrogens with one attached hydrogen (secondary N) is 1. The number of nitro groups is 1. The number of aryl methyl sites for hydroxylation is 2. The molecule has 2 aromatic heterocycles. The highest BCUT2D eigenvalue weighted by molar-refractivity contribution is 7.91. The van der Waals surface area contributed by atoms with Crippen molar-refractivity contribution in [2.75, 3.05) is 5.73 Å². The molecule has 0 radical (unpaired) electrons. The van der Waals surface area contributed by atoms with E-state index in [0.717, 1.165) is 6.07 Å². The summed E-state index contributed by atoms with van der Waals surface area (Å²) in [5.74, 6) is 0.506. The first-order valence-corrected chi connectivity index (χ1v) is 7.97. The normalized spacial score (nSPS) is 11.7. The summed E-state index contributed by atoms with van der Waals surface area (Å²) in [6.45, 7) is 3.33. The second-order valence-corrected chi connectivity index (χ2v) is 7.28. The molecule has 0 saturated heterocycles. The third kappa shape index (κ3) is 3.04. The van der Waals surface area contributed by atoms with E-state index in [9.17, 15) is 18.5 Å². The van der Waals surface area contributed by atoms with Gasteiger partial charge >= 0.3 is 5.69 Å². The molecule has 0 amide bonds. The zero-order chi connectivity index (χ0) is 15.8. The molecule has 3 N–H and O–H groups in total. The maximum absolute atomic E-state index is 12.1. The fourth-order valence-electron chi connectivity index (χ4n) is 1.64. The fraction of sp³-hybridized carbons (Fsp3) is 0.300. The Bertz CT molecular complexity index is 773. The highest BCUT2D eigenvalue weighted by Gasteiger charge is 2.25. The molecule has 2 rings (SSSR count). The number of sulfonamides is 1. The Morgan fingerprint density at radius 2 is 2.19 bits per heavy atom. The number of anilines is 1. The lowest BCUT2D eigenvalue weighted by Crippen LogP contribution is -2.22. The van der Waals surface area contributed by atoms with E-state index >= 15 is 0 Å². The predicted octanol–water partition coefficient (Wildman–Crippen LogP) is 1.32. The van der Waals surface area contributed by atoms with E-state index in [1.165, 1.54) is 0 Å². The second kappa shape index (κ2) is 5.42. The molecule has 0 bridgehead atoms. The summed E-state index contributed by atoms with van der Waals surface area (Å²) in [6, 6.07) is 0.940. The van der Waals surface area contributed by atoms with Gasteiger partial charge in [0.15, 0.2) is 5.00 Å². The minimum Gasteiger partial charge on any atom is -0.385 e. The molecule has 2 heterocycles. The summed E-state index contributed by atoms with van der Waals surface area (Å²) >= 11 is 0.642. The SMILES string of the molecule is Cc1noc(C)c1CNS(=O)(=O)c1cc([N+](=O)[O-])c(N)s1. The molecular formula is C10H12N4O5S2. The van der Waals surface area contributed by atoms with E-state index in [1.54, 1.807) is 13.8 Å². The first kappa shape index (κ1) is 15.4. The number of hydrogen-bond acceptors (Lipinski definition) is 8. The standard InChI is InChI=1S/C10H12N4O5S2/c1-5-7(6(2)19-13-5)4-12-21(17,18)9-3-8(14(15)16)10(11)20-9/h3,12H,4,11H2,1-2H3. The number of nitrogens with zero attached hydrogens (tertiary/aromatic N) is 2. The Balaban J connectivity index is 2.23. The van der Waals surface area contributed by atoms with Crippen molar-refractivity contribution in [3.8, 4) is 0 Å². The van der Waals surface area contributed by atoms with Crippen LogP contribution >= 0.6 is 11.3 Å². The number of nitrogen functional groups attached to an aromatic ring is 1. The molecule has 0 aliphatic heterocycles. The fourth-order valence-corrected chi connectivity index (χ4v) is 3.89. The number of nitrogens with two attached hydrogens (primary N) is 1. The summed E-state index contributed by atoms with van der Waals surface area (Å²) in [4.78, 5) is 9.97. The first-order chi connectivity index (χ1) is 9.72. The minimum absolute atomic E-state index is 0.0187. The van der Waals surface area contributed by atoms with Crippen LogP contribution in [0.15, 0.2) is 14.8 Å². The van der Waals surface area contributed by atoms with Crippen molar-refractivity contribution in [3.05, 3.63) is 33.2 Å². The van der Waals surface area contributed by atoms with E-state index < -0.39 is 20.6 Å². The van der Waals surface area contributed by atoms with Crippen LogP contribution in [-0.4, -0.2) is 18.5 Å². The summed E-state index contributed by atoms with van der Waals surface area (Å²) in [7, 11) is -3.89. The van der Waals surface area contributed by atoms with Crippen molar-refractivity contribution in [2.24, 2.45) is 0 Å². The van der Waals surface area contributed by atoms with Gasteiger partial charge in [0.2, 0.25) is 0 Å². The molecule has 2 aromatic rings. The lowest BCUT2D eigenvalue weighted by atomic mass is 10.2. The molecule has 9 nitrogen and oxygen atoms in total. The molecular weight excluding hydrogens is 320 g/mol. The van der Waals surface area contributed by atoms with E-state index in [4.69, 9.17) is 10.3 Å². The van der Waals surface area contributed by atoms with Gasteiger partial charge in [0.1, 0.15) is 9.97 Å². The number of rotatable bonds is 5. The molecule has 0 unspecified atom stereocenters. The lowest BCUT2D eigenvalue weighted by molar-refractivity contribution is -0.383. The topological polar surface area (TPSA) is 141 Å². The highest BCUT2D eigenvalue weighted by Crippen LogP contribution is 2.34. The van der Waals surface area contributed by atoms with Crippen molar-refractivity contribution in [2.45, 2.75) is 24.6 Å².